The van der Waals surface area contributed by atoms with Crippen molar-refractivity contribution in [3.63, 3.8) is 0 Å². The normalized spacial score (nSPS) is 11.5. The average Bonchev–Trinajstić information content (AvgIpc) is 3.18. The molecular formula is C46H25B5. The maximum atomic E-state index is 6.63. The van der Waals surface area contributed by atoms with E-state index in [0.717, 1.165) is 54.6 Å². The van der Waals surface area contributed by atoms with Crippen molar-refractivity contribution < 1.29 is 0 Å². The molecule has 0 N–H and O–H groups in total. The highest BCUT2D eigenvalue weighted by atomic mass is 14.2. The standard InChI is InChI=1S/C46H25B5/c47-42-40(43(48)45(50)46(51)44(42)49)30-24-27-12-2-4-17-33(27)38(25-30)41-36-20-7-5-18-34(36)39(35-19-6-8-21-37(35)41)29-15-9-14-28(23-29)32-22-10-13-26-11-1-3-16-31(26)32/h1-25H. The quantitative estimate of drug-likeness (QED) is 0.146. The van der Waals surface area contributed by atoms with Crippen molar-refractivity contribution in [3.8, 4) is 44.5 Å². The molecule has 9 aromatic carbocycles. The minimum Gasteiger partial charge on any atom is -0.112 e. The van der Waals surface area contributed by atoms with E-state index >= 15 is 0 Å². The van der Waals surface area contributed by atoms with E-state index in [1.54, 1.807) is 0 Å². The maximum Gasteiger partial charge on any atom is 0.113 e. The molecule has 9 aromatic rings. The molecule has 0 nitrogen and oxygen atoms in total. The Bertz CT molecular complexity index is 2780. The molecule has 0 aromatic heterocycles. The van der Waals surface area contributed by atoms with Gasteiger partial charge in [0.15, 0.2) is 0 Å². The van der Waals surface area contributed by atoms with Gasteiger partial charge in [0.05, 0.1) is 0 Å². The molecule has 0 saturated heterocycles. The van der Waals surface area contributed by atoms with E-state index in [2.05, 4.69) is 146 Å². The van der Waals surface area contributed by atoms with Gasteiger partial charge in [-0.1, -0.05) is 144 Å². The SMILES string of the molecule is [B]c1c([B])c([B])c(-c2cc(-c3c4ccccc4c(-c4cccc(-c5cccc6ccccc56)c4)c4ccccc34)c3ccccc3c2)c([B])c1[B]. The van der Waals surface area contributed by atoms with E-state index < -0.39 is 0 Å². The molecule has 51 heavy (non-hydrogen) atoms. The summed E-state index contributed by atoms with van der Waals surface area (Å²) in [5.41, 5.74) is 9.63. The summed E-state index contributed by atoms with van der Waals surface area (Å²) in [5, 5.41) is 9.21. The van der Waals surface area contributed by atoms with E-state index in [0.29, 0.717) is 16.5 Å². The first kappa shape index (κ1) is 31.3. The Morgan fingerprint density at radius 1 is 0.255 bits per heavy atom. The largest absolute Gasteiger partial charge is 0.113 e. The van der Waals surface area contributed by atoms with Gasteiger partial charge in [0, 0.05) is 0 Å². The highest BCUT2D eigenvalue weighted by Gasteiger charge is 2.20. The lowest BCUT2D eigenvalue weighted by Gasteiger charge is -2.23. The first-order valence-electron chi connectivity index (χ1n) is 17.0. The fourth-order valence-corrected chi connectivity index (χ4v) is 7.87. The molecule has 0 aliphatic carbocycles. The van der Waals surface area contributed by atoms with Crippen LogP contribution in [0, 0.1) is 0 Å². The third-order valence-electron chi connectivity index (χ3n) is 10.3. The van der Waals surface area contributed by atoms with Gasteiger partial charge in [-0.25, -0.2) is 0 Å². The molecule has 0 unspecified atom stereocenters. The molecule has 0 fully saturated rings. The van der Waals surface area contributed by atoms with E-state index in [4.69, 9.17) is 39.2 Å². The van der Waals surface area contributed by atoms with E-state index in [-0.39, 0.29) is 16.4 Å². The number of rotatable bonds is 4. The fraction of sp³-hybridized carbons (Fsp3) is 0. The number of hydrogen-bond donors (Lipinski definition) is 0. The minimum absolute atomic E-state index is 0.201. The van der Waals surface area contributed by atoms with Crippen LogP contribution >= 0.6 is 0 Å². The van der Waals surface area contributed by atoms with Crippen molar-refractivity contribution in [1.29, 1.82) is 0 Å². The third-order valence-corrected chi connectivity index (χ3v) is 10.3. The van der Waals surface area contributed by atoms with Crippen molar-refractivity contribution >= 4 is 110 Å². The van der Waals surface area contributed by atoms with Gasteiger partial charge in [-0.15, -0.1) is 16.4 Å². The summed E-state index contributed by atoms with van der Waals surface area (Å²) in [5.74, 6) is 0. The van der Waals surface area contributed by atoms with Gasteiger partial charge in [-0.2, -0.15) is 0 Å². The number of benzene rings is 9. The molecule has 9 rings (SSSR count). The summed E-state index contributed by atoms with van der Waals surface area (Å²) in [6.07, 6.45) is 0. The minimum atomic E-state index is 0.201. The van der Waals surface area contributed by atoms with Gasteiger partial charge in [0.2, 0.25) is 0 Å². The zero-order chi connectivity index (χ0) is 34.8. The second kappa shape index (κ2) is 12.3. The maximum absolute atomic E-state index is 6.63. The van der Waals surface area contributed by atoms with Crippen LogP contribution in [0.15, 0.2) is 152 Å². The zero-order valence-electron chi connectivity index (χ0n) is 27.8. The Morgan fingerprint density at radius 3 is 1.33 bits per heavy atom. The lowest BCUT2D eigenvalue weighted by molar-refractivity contribution is 1.63. The van der Waals surface area contributed by atoms with Crippen LogP contribution in [-0.2, 0) is 0 Å². The first-order valence-corrected chi connectivity index (χ1v) is 17.0. The van der Waals surface area contributed by atoms with Gasteiger partial charge >= 0.3 is 0 Å². The Kier molecular flexibility index (Phi) is 7.55. The fourth-order valence-electron chi connectivity index (χ4n) is 7.87. The lowest BCUT2D eigenvalue weighted by Crippen LogP contribution is -2.55. The topological polar surface area (TPSA) is 0 Å². The molecule has 0 aliphatic heterocycles. The highest BCUT2D eigenvalue weighted by molar-refractivity contribution is 6.68. The van der Waals surface area contributed by atoms with Crippen LogP contribution in [0.1, 0.15) is 0 Å². The van der Waals surface area contributed by atoms with Crippen molar-refractivity contribution in [2.45, 2.75) is 0 Å². The van der Waals surface area contributed by atoms with Gasteiger partial charge in [-0.05, 0) is 106 Å². The Balaban J connectivity index is 1.35. The summed E-state index contributed by atoms with van der Waals surface area (Å²) in [6, 6.07) is 54.0. The average molecular weight is 632 g/mol. The van der Waals surface area contributed by atoms with E-state index in [9.17, 15) is 0 Å². The summed E-state index contributed by atoms with van der Waals surface area (Å²) < 4.78 is 0. The molecule has 0 atom stereocenters. The summed E-state index contributed by atoms with van der Waals surface area (Å²) >= 11 is 0. The van der Waals surface area contributed by atoms with Crippen LogP contribution in [0.5, 0.6) is 0 Å². The van der Waals surface area contributed by atoms with Gasteiger partial charge < -0.3 is 0 Å². The Morgan fingerprint density at radius 2 is 0.706 bits per heavy atom. The molecular weight excluding hydrogens is 607 g/mol. The van der Waals surface area contributed by atoms with Crippen LogP contribution in [0.25, 0.3) is 87.6 Å². The molecule has 0 spiro atoms. The molecule has 0 saturated carbocycles. The van der Waals surface area contributed by atoms with Crippen molar-refractivity contribution in [2.75, 3.05) is 0 Å². The second-order valence-corrected chi connectivity index (χ2v) is 13.1. The second-order valence-electron chi connectivity index (χ2n) is 13.1. The first-order chi connectivity index (χ1) is 24.9. The lowest BCUT2D eigenvalue weighted by atomic mass is 9.59. The Labute approximate surface area is 304 Å². The monoisotopic (exact) mass is 632 g/mol. The molecule has 0 amide bonds. The Hall–Kier alpha value is -5.66. The smallest absolute Gasteiger partial charge is 0.112 e. The summed E-state index contributed by atoms with van der Waals surface area (Å²) in [6.45, 7) is 0. The van der Waals surface area contributed by atoms with Crippen molar-refractivity contribution in [1.82, 2.24) is 0 Å². The van der Waals surface area contributed by atoms with E-state index in [1.807, 2.05) is 6.07 Å². The zero-order valence-corrected chi connectivity index (χ0v) is 27.8. The van der Waals surface area contributed by atoms with Gasteiger partial charge in [-0.3, -0.25) is 0 Å². The molecule has 0 bridgehead atoms. The van der Waals surface area contributed by atoms with Gasteiger partial charge in [0.25, 0.3) is 0 Å². The van der Waals surface area contributed by atoms with Crippen LogP contribution in [0.2, 0.25) is 0 Å². The van der Waals surface area contributed by atoms with Crippen molar-refractivity contribution in [3.05, 3.63) is 152 Å². The van der Waals surface area contributed by atoms with E-state index in [1.165, 1.54) is 27.5 Å². The molecule has 10 radical (unpaired) electrons. The van der Waals surface area contributed by atoms with Crippen LogP contribution in [-0.4, -0.2) is 39.2 Å². The molecule has 224 valence electrons. The number of fused-ring (bicyclic) bond motifs is 4. The predicted molar refractivity (Wildman–Crippen MR) is 225 cm³/mol. The highest BCUT2D eigenvalue weighted by Crippen LogP contribution is 2.46. The molecule has 5 heteroatoms. The van der Waals surface area contributed by atoms with Crippen LogP contribution in [0.3, 0.4) is 0 Å². The molecule has 0 aliphatic rings. The van der Waals surface area contributed by atoms with Crippen molar-refractivity contribution in [2.24, 2.45) is 0 Å². The third kappa shape index (κ3) is 4.98. The summed E-state index contributed by atoms with van der Waals surface area (Å²) in [7, 11) is 32.2. The number of hydrogen-bond acceptors (Lipinski definition) is 0. The molecule has 0 heterocycles. The van der Waals surface area contributed by atoms with Crippen LogP contribution in [0.4, 0.5) is 0 Å². The summed E-state index contributed by atoms with van der Waals surface area (Å²) in [4.78, 5) is 0. The van der Waals surface area contributed by atoms with Gasteiger partial charge in [0.1, 0.15) is 39.2 Å². The van der Waals surface area contributed by atoms with Crippen LogP contribution < -0.4 is 27.3 Å². The predicted octanol–water partition coefficient (Wildman–Crippen LogP) is 6.94.